The van der Waals surface area contributed by atoms with Crippen LogP contribution >= 0.6 is 0 Å². The third-order valence-electron chi connectivity index (χ3n) is 2.65. The Balaban J connectivity index is 4.34. The first-order valence-corrected chi connectivity index (χ1v) is 5.66. The molecule has 7 heteroatoms. The van der Waals surface area contributed by atoms with Crippen molar-refractivity contribution in [2.45, 2.75) is 33.2 Å². The molecule has 0 aromatic carbocycles. The highest BCUT2D eigenvalue weighted by atomic mass is 16.4. The molecule has 0 spiro atoms. The Hall–Kier alpha value is -1.79. The van der Waals surface area contributed by atoms with Gasteiger partial charge in [-0.15, -0.1) is 0 Å². The number of carbonyl (C=O) groups excluding carboxylic acids is 2. The van der Waals surface area contributed by atoms with Crippen LogP contribution in [0.2, 0.25) is 0 Å². The van der Waals surface area contributed by atoms with Crippen LogP contribution in [0.3, 0.4) is 0 Å². The van der Waals surface area contributed by atoms with E-state index in [1.165, 1.54) is 13.8 Å². The van der Waals surface area contributed by atoms with Crippen LogP contribution in [0.15, 0.2) is 0 Å². The second-order valence-corrected chi connectivity index (χ2v) is 5.01. The molecule has 0 aliphatic heterocycles. The molecule has 0 aliphatic rings. The van der Waals surface area contributed by atoms with Crippen molar-refractivity contribution >= 4 is 17.9 Å². The molecule has 3 amide bonds. The van der Waals surface area contributed by atoms with E-state index in [0.29, 0.717) is 0 Å². The van der Waals surface area contributed by atoms with Crippen LogP contribution in [0.1, 0.15) is 27.7 Å². The summed E-state index contributed by atoms with van der Waals surface area (Å²) in [5, 5.41) is 13.7. The van der Waals surface area contributed by atoms with Gasteiger partial charge in [-0.05, 0) is 19.8 Å². The van der Waals surface area contributed by atoms with E-state index < -0.39 is 29.4 Å². The lowest BCUT2D eigenvalue weighted by Gasteiger charge is -2.23. The fourth-order valence-electron chi connectivity index (χ4n) is 1.20. The highest BCUT2D eigenvalue weighted by Crippen LogP contribution is 2.09. The van der Waals surface area contributed by atoms with Crippen LogP contribution in [-0.2, 0) is 9.59 Å². The smallest absolute Gasteiger partial charge is 0.315 e. The van der Waals surface area contributed by atoms with E-state index >= 15 is 0 Å². The normalized spacial score (nSPS) is 12.9. The van der Waals surface area contributed by atoms with E-state index in [2.05, 4.69) is 10.6 Å². The van der Waals surface area contributed by atoms with E-state index in [1.54, 1.807) is 13.8 Å². The van der Waals surface area contributed by atoms with Gasteiger partial charge in [0, 0.05) is 6.54 Å². The molecule has 104 valence electrons. The molecule has 0 heterocycles. The summed E-state index contributed by atoms with van der Waals surface area (Å²) in [4.78, 5) is 33.4. The van der Waals surface area contributed by atoms with Gasteiger partial charge in [-0.25, -0.2) is 4.79 Å². The number of nitrogens with two attached hydrogens (primary N) is 1. The maximum atomic E-state index is 11.5. The molecule has 7 nitrogen and oxygen atoms in total. The summed E-state index contributed by atoms with van der Waals surface area (Å²) < 4.78 is 0. The van der Waals surface area contributed by atoms with Gasteiger partial charge in [0.2, 0.25) is 5.91 Å². The van der Waals surface area contributed by atoms with Gasteiger partial charge in [-0.1, -0.05) is 13.8 Å². The van der Waals surface area contributed by atoms with E-state index in [4.69, 9.17) is 10.8 Å². The molecule has 0 aromatic rings. The fourth-order valence-corrected chi connectivity index (χ4v) is 1.20. The quantitative estimate of drug-likeness (QED) is 0.532. The number of carbonyl (C=O) groups is 3. The average molecular weight is 259 g/mol. The molecule has 0 radical (unpaired) electrons. The SMILES string of the molecule is CC(C)C(CNC(=O)NC(C)(C)C(N)=O)C(=O)O. The lowest BCUT2D eigenvalue weighted by Crippen LogP contribution is -2.56. The van der Waals surface area contributed by atoms with Crippen molar-refractivity contribution < 1.29 is 19.5 Å². The number of hydrogen-bond donors (Lipinski definition) is 4. The van der Waals surface area contributed by atoms with Crippen molar-refractivity contribution in [2.75, 3.05) is 6.54 Å². The second-order valence-electron chi connectivity index (χ2n) is 5.01. The molecule has 5 N–H and O–H groups in total. The minimum absolute atomic E-state index is 0.00627. The maximum Gasteiger partial charge on any atom is 0.315 e. The van der Waals surface area contributed by atoms with Crippen LogP contribution in [-0.4, -0.2) is 35.1 Å². The van der Waals surface area contributed by atoms with Gasteiger partial charge in [-0.2, -0.15) is 0 Å². The van der Waals surface area contributed by atoms with E-state index in [9.17, 15) is 14.4 Å². The maximum absolute atomic E-state index is 11.5. The molecule has 1 unspecified atom stereocenters. The summed E-state index contributed by atoms with van der Waals surface area (Å²) in [6.07, 6.45) is 0. The zero-order valence-corrected chi connectivity index (χ0v) is 11.1. The first-order valence-electron chi connectivity index (χ1n) is 5.66. The summed E-state index contributed by atoms with van der Waals surface area (Å²) in [6, 6.07) is -0.620. The molecular formula is C11H21N3O4. The first kappa shape index (κ1) is 16.2. The summed E-state index contributed by atoms with van der Waals surface area (Å²) in [7, 11) is 0. The molecule has 0 rings (SSSR count). The van der Waals surface area contributed by atoms with Gasteiger partial charge in [0.05, 0.1) is 5.92 Å². The van der Waals surface area contributed by atoms with E-state index in [-0.39, 0.29) is 12.5 Å². The van der Waals surface area contributed by atoms with Gasteiger partial charge >= 0.3 is 12.0 Å². The van der Waals surface area contributed by atoms with Crippen molar-refractivity contribution in [2.24, 2.45) is 17.6 Å². The highest BCUT2D eigenvalue weighted by molar-refractivity contribution is 5.89. The zero-order chi connectivity index (χ0) is 14.5. The van der Waals surface area contributed by atoms with Gasteiger partial charge in [0.15, 0.2) is 0 Å². The third kappa shape index (κ3) is 5.03. The predicted octanol–water partition coefficient (Wildman–Crippen LogP) is -0.0937. The number of rotatable bonds is 6. The Bertz CT molecular complexity index is 339. The lowest BCUT2D eigenvalue weighted by molar-refractivity contribution is -0.143. The number of carboxylic acid groups (broad SMARTS) is 1. The highest BCUT2D eigenvalue weighted by Gasteiger charge is 2.28. The van der Waals surface area contributed by atoms with Crippen LogP contribution in [0, 0.1) is 11.8 Å². The monoisotopic (exact) mass is 259 g/mol. The Morgan fingerprint density at radius 3 is 2.11 bits per heavy atom. The molecular weight excluding hydrogens is 238 g/mol. The van der Waals surface area contributed by atoms with Crippen LogP contribution in [0.5, 0.6) is 0 Å². The largest absolute Gasteiger partial charge is 0.481 e. The molecule has 0 aliphatic carbocycles. The Kier molecular flexibility index (Phi) is 5.61. The van der Waals surface area contributed by atoms with Crippen molar-refractivity contribution in [3.8, 4) is 0 Å². The van der Waals surface area contributed by atoms with Crippen LogP contribution in [0.4, 0.5) is 4.79 Å². The Labute approximate surface area is 106 Å². The minimum atomic E-state index is -1.18. The standard InChI is InChI=1S/C11H21N3O4/c1-6(2)7(8(15)16)5-13-10(18)14-11(3,4)9(12)17/h6-7H,5H2,1-4H3,(H2,12,17)(H,15,16)(H2,13,14,18). The van der Waals surface area contributed by atoms with Gasteiger partial charge in [0.25, 0.3) is 0 Å². The third-order valence-corrected chi connectivity index (χ3v) is 2.65. The Morgan fingerprint density at radius 1 is 1.28 bits per heavy atom. The molecule has 18 heavy (non-hydrogen) atoms. The number of carboxylic acids is 1. The minimum Gasteiger partial charge on any atom is -0.481 e. The number of nitrogens with one attached hydrogen (secondary N) is 2. The van der Waals surface area contributed by atoms with Crippen LogP contribution < -0.4 is 16.4 Å². The van der Waals surface area contributed by atoms with Gasteiger partial charge in [0.1, 0.15) is 5.54 Å². The fraction of sp³-hybridized carbons (Fsp3) is 0.727. The van der Waals surface area contributed by atoms with E-state index in [1.807, 2.05) is 0 Å². The topological polar surface area (TPSA) is 122 Å². The summed E-state index contributed by atoms with van der Waals surface area (Å²) in [5.74, 6) is -2.42. The molecule has 0 fully saturated rings. The van der Waals surface area contributed by atoms with Gasteiger partial charge < -0.3 is 21.5 Å². The summed E-state index contributed by atoms with van der Waals surface area (Å²) in [5.41, 5.74) is 3.92. The average Bonchev–Trinajstić information content (AvgIpc) is 2.15. The zero-order valence-electron chi connectivity index (χ0n) is 11.1. The van der Waals surface area contributed by atoms with Crippen molar-refractivity contribution in [1.29, 1.82) is 0 Å². The molecule has 0 saturated heterocycles. The number of hydrogen-bond acceptors (Lipinski definition) is 3. The van der Waals surface area contributed by atoms with Crippen LogP contribution in [0.25, 0.3) is 0 Å². The van der Waals surface area contributed by atoms with Gasteiger partial charge in [-0.3, -0.25) is 9.59 Å². The number of aliphatic carboxylic acids is 1. The summed E-state index contributed by atoms with van der Waals surface area (Å²) >= 11 is 0. The van der Waals surface area contributed by atoms with Crippen molar-refractivity contribution in [3.05, 3.63) is 0 Å². The second kappa shape index (κ2) is 6.23. The van der Waals surface area contributed by atoms with Crippen molar-refractivity contribution in [3.63, 3.8) is 0 Å². The lowest BCUT2D eigenvalue weighted by atomic mass is 9.96. The number of amides is 3. The first-order chi connectivity index (χ1) is 8.08. The predicted molar refractivity (Wildman–Crippen MR) is 65.8 cm³/mol. The van der Waals surface area contributed by atoms with Crippen molar-refractivity contribution in [1.82, 2.24) is 10.6 Å². The number of urea groups is 1. The molecule has 0 aromatic heterocycles. The molecule has 1 atom stereocenters. The Morgan fingerprint density at radius 2 is 1.78 bits per heavy atom. The number of primary amides is 1. The van der Waals surface area contributed by atoms with E-state index in [0.717, 1.165) is 0 Å². The molecule has 0 bridgehead atoms. The molecule has 0 saturated carbocycles. The summed E-state index contributed by atoms with van der Waals surface area (Å²) in [6.45, 7) is 6.43.